The first-order valence-electron chi connectivity index (χ1n) is 13.1. The second-order valence-electron chi connectivity index (χ2n) is 9.69. The maximum atomic E-state index is 13.4. The zero-order valence-electron chi connectivity index (χ0n) is 21.8. The van der Waals surface area contributed by atoms with Gasteiger partial charge in [-0.25, -0.2) is 0 Å². The number of para-hydroxylation sites is 1. The van der Waals surface area contributed by atoms with Gasteiger partial charge in [-0.15, -0.1) is 0 Å². The first-order chi connectivity index (χ1) is 18.0. The van der Waals surface area contributed by atoms with E-state index in [1.165, 1.54) is 12.5 Å². The molecule has 3 aromatic carbocycles. The van der Waals surface area contributed by atoms with Crippen LogP contribution in [0.3, 0.4) is 0 Å². The highest BCUT2D eigenvalue weighted by Gasteiger charge is 2.26. The Kier molecular flexibility index (Phi) is 9.33. The summed E-state index contributed by atoms with van der Waals surface area (Å²) in [5.74, 6) is 1.69. The second kappa shape index (κ2) is 13.1. The molecule has 6 nitrogen and oxygen atoms in total. The van der Waals surface area contributed by atoms with Gasteiger partial charge < -0.3 is 20.3 Å². The average Bonchev–Trinajstić information content (AvgIpc) is 2.90. The molecule has 1 aliphatic rings. The van der Waals surface area contributed by atoms with Crippen molar-refractivity contribution in [3.63, 3.8) is 0 Å². The van der Waals surface area contributed by atoms with Gasteiger partial charge in [-0.3, -0.25) is 9.59 Å². The highest BCUT2D eigenvalue weighted by Crippen LogP contribution is 2.30. The third kappa shape index (κ3) is 7.67. The molecule has 3 aromatic rings. The molecule has 37 heavy (non-hydrogen) atoms. The summed E-state index contributed by atoms with van der Waals surface area (Å²) in [6.45, 7) is 6.50. The molecule has 0 aromatic heterocycles. The Balaban J connectivity index is 1.43. The van der Waals surface area contributed by atoms with Crippen molar-refractivity contribution in [3.05, 3.63) is 95.1 Å². The van der Waals surface area contributed by atoms with E-state index in [-0.39, 0.29) is 17.9 Å². The van der Waals surface area contributed by atoms with E-state index in [1.807, 2.05) is 42.5 Å². The van der Waals surface area contributed by atoms with Crippen molar-refractivity contribution in [2.24, 2.45) is 0 Å². The van der Waals surface area contributed by atoms with Crippen molar-refractivity contribution < 1.29 is 14.3 Å². The van der Waals surface area contributed by atoms with Gasteiger partial charge in [0.25, 0.3) is 0 Å². The molecular weight excluding hydrogens is 462 g/mol. The molecule has 0 saturated carbocycles. The maximum Gasteiger partial charge on any atom is 0.223 e. The highest BCUT2D eigenvalue weighted by atomic mass is 16.5. The van der Waals surface area contributed by atoms with Crippen LogP contribution in [0.5, 0.6) is 11.5 Å². The number of nitrogens with one attached hydrogen (secondary N) is 2. The highest BCUT2D eigenvalue weighted by molar-refractivity contribution is 5.77. The van der Waals surface area contributed by atoms with Gasteiger partial charge in [0, 0.05) is 45.6 Å². The lowest BCUT2D eigenvalue weighted by Gasteiger charge is -2.36. The van der Waals surface area contributed by atoms with Crippen molar-refractivity contribution in [1.82, 2.24) is 15.5 Å². The number of piperazine rings is 1. The van der Waals surface area contributed by atoms with Crippen LogP contribution in [0.2, 0.25) is 0 Å². The Morgan fingerprint density at radius 3 is 2.54 bits per heavy atom. The molecule has 1 heterocycles. The lowest BCUT2D eigenvalue weighted by atomic mass is 10.0. The number of carbonyl (C=O) groups is 2. The van der Waals surface area contributed by atoms with Crippen molar-refractivity contribution in [2.75, 3.05) is 26.2 Å². The van der Waals surface area contributed by atoms with E-state index in [0.29, 0.717) is 25.8 Å². The summed E-state index contributed by atoms with van der Waals surface area (Å²) in [6.07, 6.45) is 2.59. The number of amides is 2. The molecule has 0 bridgehead atoms. The van der Waals surface area contributed by atoms with E-state index in [0.717, 1.165) is 54.2 Å². The molecule has 4 rings (SSSR count). The number of carbonyl (C=O) groups excluding carboxylic acids is 2. The number of ether oxygens (including phenoxy) is 1. The molecule has 1 atom stereocenters. The fraction of sp³-hybridized carbons (Fsp3) is 0.355. The van der Waals surface area contributed by atoms with Crippen LogP contribution in [0.15, 0.2) is 72.8 Å². The number of hydrogen-bond acceptors (Lipinski definition) is 4. The molecular formula is C31H37N3O3. The summed E-state index contributed by atoms with van der Waals surface area (Å²) in [4.78, 5) is 26.7. The largest absolute Gasteiger partial charge is 0.457 e. The van der Waals surface area contributed by atoms with Crippen LogP contribution in [0, 0.1) is 6.92 Å². The standard InChI is InChI=1S/C31H37N3O3/c1-23-12-14-30(37-29-11-7-6-10-26(29)16-17-33-24(2)35)27(20-23)13-15-31(36)34-19-18-32-22-28(34)21-25-8-4-3-5-9-25/h3-12,14,20,28,32H,13,15-19,21-22H2,1-2H3,(H,33,35). The molecule has 6 heteroatoms. The topological polar surface area (TPSA) is 70.7 Å². The van der Waals surface area contributed by atoms with Crippen LogP contribution in [-0.4, -0.2) is 48.9 Å². The Bertz CT molecular complexity index is 1200. The molecule has 194 valence electrons. The zero-order chi connectivity index (χ0) is 26.0. The third-order valence-corrected chi connectivity index (χ3v) is 6.77. The molecule has 1 aliphatic heterocycles. The number of rotatable bonds is 10. The van der Waals surface area contributed by atoms with Gasteiger partial charge >= 0.3 is 0 Å². The normalized spacial score (nSPS) is 15.3. The van der Waals surface area contributed by atoms with Crippen LogP contribution in [0.4, 0.5) is 0 Å². The molecule has 1 saturated heterocycles. The Morgan fingerprint density at radius 1 is 0.973 bits per heavy atom. The predicted octanol–water partition coefficient (Wildman–Crippen LogP) is 4.44. The van der Waals surface area contributed by atoms with Gasteiger partial charge in [0.2, 0.25) is 11.8 Å². The lowest BCUT2D eigenvalue weighted by Crippen LogP contribution is -2.54. The van der Waals surface area contributed by atoms with Crippen LogP contribution < -0.4 is 15.4 Å². The molecule has 2 N–H and O–H groups in total. The van der Waals surface area contributed by atoms with Crippen LogP contribution in [0.25, 0.3) is 0 Å². The van der Waals surface area contributed by atoms with E-state index in [2.05, 4.69) is 52.8 Å². The molecule has 1 fully saturated rings. The minimum atomic E-state index is -0.0422. The van der Waals surface area contributed by atoms with Crippen LogP contribution in [-0.2, 0) is 28.9 Å². The summed E-state index contributed by atoms with van der Waals surface area (Å²) in [5.41, 5.74) is 4.45. The summed E-state index contributed by atoms with van der Waals surface area (Å²) >= 11 is 0. The minimum absolute atomic E-state index is 0.0422. The van der Waals surface area contributed by atoms with Gasteiger partial charge in [0.1, 0.15) is 11.5 Å². The van der Waals surface area contributed by atoms with Gasteiger partial charge in [0.05, 0.1) is 0 Å². The van der Waals surface area contributed by atoms with E-state index in [9.17, 15) is 9.59 Å². The quantitative estimate of drug-likeness (QED) is 0.433. The van der Waals surface area contributed by atoms with Crippen LogP contribution >= 0.6 is 0 Å². The van der Waals surface area contributed by atoms with Crippen LogP contribution in [0.1, 0.15) is 35.6 Å². The van der Waals surface area contributed by atoms with Gasteiger partial charge in [-0.2, -0.15) is 0 Å². The van der Waals surface area contributed by atoms with Gasteiger partial charge in [0.15, 0.2) is 0 Å². The minimum Gasteiger partial charge on any atom is -0.457 e. The van der Waals surface area contributed by atoms with Gasteiger partial charge in [-0.05, 0) is 55.0 Å². The molecule has 1 unspecified atom stereocenters. The smallest absolute Gasteiger partial charge is 0.223 e. The fourth-order valence-electron chi connectivity index (χ4n) is 4.85. The lowest BCUT2D eigenvalue weighted by molar-refractivity contribution is -0.134. The van der Waals surface area contributed by atoms with E-state index < -0.39 is 0 Å². The fourth-order valence-corrected chi connectivity index (χ4v) is 4.85. The monoisotopic (exact) mass is 499 g/mol. The number of hydrogen-bond donors (Lipinski definition) is 2. The first-order valence-corrected chi connectivity index (χ1v) is 13.1. The SMILES string of the molecule is CC(=O)NCCc1ccccc1Oc1ccc(C)cc1CCC(=O)N1CCNCC1Cc1ccccc1. The van der Waals surface area contributed by atoms with Crippen molar-refractivity contribution in [3.8, 4) is 11.5 Å². The van der Waals surface area contributed by atoms with Crippen molar-refractivity contribution in [1.29, 1.82) is 0 Å². The summed E-state index contributed by atoms with van der Waals surface area (Å²) in [6, 6.07) is 24.6. The van der Waals surface area contributed by atoms with E-state index in [4.69, 9.17) is 4.74 Å². The Labute approximate surface area is 220 Å². The second-order valence-corrected chi connectivity index (χ2v) is 9.69. The zero-order valence-corrected chi connectivity index (χ0v) is 21.8. The average molecular weight is 500 g/mol. The Hall–Kier alpha value is -3.64. The van der Waals surface area contributed by atoms with Gasteiger partial charge in [-0.1, -0.05) is 66.2 Å². The first kappa shape index (κ1) is 26.4. The van der Waals surface area contributed by atoms with E-state index >= 15 is 0 Å². The van der Waals surface area contributed by atoms with E-state index in [1.54, 1.807) is 0 Å². The summed E-state index contributed by atoms with van der Waals surface area (Å²) in [5, 5.41) is 6.29. The molecule has 2 amide bonds. The number of aryl methyl sites for hydroxylation is 2. The summed E-state index contributed by atoms with van der Waals surface area (Å²) < 4.78 is 6.38. The Morgan fingerprint density at radius 2 is 1.73 bits per heavy atom. The third-order valence-electron chi connectivity index (χ3n) is 6.77. The summed E-state index contributed by atoms with van der Waals surface area (Å²) in [7, 11) is 0. The maximum absolute atomic E-state index is 13.4. The molecule has 0 aliphatic carbocycles. The molecule has 0 spiro atoms. The molecule has 0 radical (unpaired) electrons. The predicted molar refractivity (Wildman–Crippen MR) is 147 cm³/mol. The van der Waals surface area contributed by atoms with Crippen molar-refractivity contribution in [2.45, 2.75) is 45.6 Å². The number of nitrogens with zero attached hydrogens (tertiary/aromatic N) is 1. The number of benzene rings is 3. The van der Waals surface area contributed by atoms with Crippen molar-refractivity contribution >= 4 is 11.8 Å².